The summed E-state index contributed by atoms with van der Waals surface area (Å²) in [6.07, 6.45) is 0. The lowest BCUT2D eigenvalue weighted by molar-refractivity contribution is 0.360. The fraction of sp³-hybridized carbons (Fsp3) is 0.0364. The molecule has 0 unspecified atom stereocenters. The number of hydrogen-bond acceptors (Lipinski definition) is 3. The minimum absolute atomic E-state index is 0.533. The van der Waals surface area contributed by atoms with Crippen LogP contribution in [0.4, 0.5) is 0 Å². The molecule has 274 valence electrons. The van der Waals surface area contributed by atoms with Crippen molar-refractivity contribution in [3.63, 3.8) is 0 Å². The molecule has 0 amide bonds. The summed E-state index contributed by atoms with van der Waals surface area (Å²) in [4.78, 5) is 5.11. The van der Waals surface area contributed by atoms with E-state index in [4.69, 9.17) is 14.5 Å². The van der Waals surface area contributed by atoms with E-state index in [1.54, 1.807) is 0 Å². The Morgan fingerprint density at radius 2 is 0.914 bits per heavy atom. The van der Waals surface area contributed by atoms with E-state index in [2.05, 4.69) is 195 Å². The Labute approximate surface area is 338 Å². The Kier molecular flexibility index (Phi) is 7.94. The van der Waals surface area contributed by atoms with Crippen LogP contribution in [0.2, 0.25) is 0 Å². The number of benzene rings is 8. The number of hydrogen-bond donors (Lipinski definition) is 0. The maximum Gasteiger partial charge on any atom is 0.177 e. The standard InChI is InChI=1S/C55H37NO2/c1-36-24-26-40(27-25-36)50-33-41(32-49(56-50)39-14-5-2-6-15-39)37-28-30-38(31-29-37)44-21-13-23-51-54(44)58-53-35-48-46(34-52(53)57-51)45-20-11-12-22-47(45)55(48,42-16-7-3-8-17-42)43-18-9-4-10-19-43/h2-35H,1H3. The van der Waals surface area contributed by atoms with Gasteiger partial charge in [0.15, 0.2) is 23.0 Å². The van der Waals surface area contributed by atoms with Crippen LogP contribution in [0.3, 0.4) is 0 Å². The van der Waals surface area contributed by atoms with E-state index in [-0.39, 0.29) is 0 Å². The van der Waals surface area contributed by atoms with E-state index in [1.807, 2.05) is 18.2 Å². The molecule has 1 aliphatic heterocycles. The molecule has 3 nitrogen and oxygen atoms in total. The number of aryl methyl sites for hydroxylation is 1. The molecule has 11 rings (SSSR count). The first kappa shape index (κ1) is 33.8. The molecule has 0 fully saturated rings. The van der Waals surface area contributed by atoms with Gasteiger partial charge >= 0.3 is 0 Å². The number of aromatic nitrogens is 1. The Hall–Kier alpha value is -7.49. The molecule has 0 saturated heterocycles. The zero-order valence-corrected chi connectivity index (χ0v) is 31.9. The predicted octanol–water partition coefficient (Wildman–Crippen LogP) is 14.3. The van der Waals surface area contributed by atoms with Crippen molar-refractivity contribution >= 4 is 0 Å². The second-order valence-electron chi connectivity index (χ2n) is 15.1. The number of nitrogens with zero attached hydrogens (tertiary/aromatic N) is 1. The minimum Gasteiger partial charge on any atom is -0.449 e. The van der Waals surface area contributed by atoms with E-state index >= 15 is 0 Å². The Morgan fingerprint density at radius 3 is 1.60 bits per heavy atom. The lowest BCUT2D eigenvalue weighted by Crippen LogP contribution is -2.28. The van der Waals surface area contributed by atoms with Crippen LogP contribution >= 0.6 is 0 Å². The number of rotatable bonds is 6. The average Bonchev–Trinajstić information content (AvgIpc) is 3.58. The van der Waals surface area contributed by atoms with Gasteiger partial charge in [-0.3, -0.25) is 0 Å². The summed E-state index contributed by atoms with van der Waals surface area (Å²) in [5.41, 5.74) is 16.2. The maximum absolute atomic E-state index is 6.97. The number of ether oxygens (including phenoxy) is 2. The van der Waals surface area contributed by atoms with Crippen molar-refractivity contribution in [1.82, 2.24) is 4.98 Å². The first-order valence-corrected chi connectivity index (χ1v) is 19.8. The largest absolute Gasteiger partial charge is 0.449 e. The van der Waals surface area contributed by atoms with E-state index in [0.717, 1.165) is 50.3 Å². The second kappa shape index (κ2) is 13.6. The highest BCUT2D eigenvalue weighted by Gasteiger charge is 2.47. The molecule has 9 aromatic rings. The normalized spacial score (nSPS) is 13.0. The quantitative estimate of drug-likeness (QED) is 0.170. The molecule has 1 aromatic heterocycles. The molecule has 0 atom stereocenters. The SMILES string of the molecule is Cc1ccc(-c2cc(-c3ccc(-c4cccc5c4Oc4cc6c(cc4O5)-c4ccccc4C6(c4ccccc4)c4ccccc4)cc3)cc(-c3ccccc3)n2)cc1. The topological polar surface area (TPSA) is 31.4 Å². The average molecular weight is 744 g/mol. The van der Waals surface area contributed by atoms with Gasteiger partial charge in [0.05, 0.1) is 16.8 Å². The Bertz CT molecular complexity index is 2930. The third-order valence-electron chi connectivity index (χ3n) is 11.7. The summed E-state index contributed by atoms with van der Waals surface area (Å²) < 4.78 is 13.7. The lowest BCUT2D eigenvalue weighted by Gasteiger charge is -2.34. The molecule has 0 saturated carbocycles. The summed E-state index contributed by atoms with van der Waals surface area (Å²) in [7, 11) is 0. The molecule has 0 radical (unpaired) electrons. The first-order valence-electron chi connectivity index (χ1n) is 19.8. The van der Waals surface area contributed by atoms with Crippen LogP contribution in [-0.4, -0.2) is 4.98 Å². The zero-order valence-electron chi connectivity index (χ0n) is 31.9. The highest BCUT2D eigenvalue weighted by Crippen LogP contribution is 2.60. The predicted molar refractivity (Wildman–Crippen MR) is 235 cm³/mol. The molecule has 0 N–H and O–H groups in total. The fourth-order valence-electron chi connectivity index (χ4n) is 8.93. The van der Waals surface area contributed by atoms with Crippen molar-refractivity contribution in [2.75, 3.05) is 0 Å². The van der Waals surface area contributed by atoms with Crippen molar-refractivity contribution in [1.29, 1.82) is 0 Å². The Morgan fingerprint density at radius 1 is 0.362 bits per heavy atom. The van der Waals surface area contributed by atoms with Crippen molar-refractivity contribution in [3.05, 3.63) is 234 Å². The van der Waals surface area contributed by atoms with Gasteiger partial charge in [-0.2, -0.15) is 0 Å². The van der Waals surface area contributed by atoms with Crippen LogP contribution < -0.4 is 9.47 Å². The number of para-hydroxylation sites is 1. The molecule has 2 aliphatic rings. The van der Waals surface area contributed by atoms with Crippen LogP contribution in [0.1, 0.15) is 27.8 Å². The molecule has 8 aromatic carbocycles. The van der Waals surface area contributed by atoms with Gasteiger partial charge in [0.2, 0.25) is 0 Å². The summed E-state index contributed by atoms with van der Waals surface area (Å²) >= 11 is 0. The molecule has 1 aliphatic carbocycles. The van der Waals surface area contributed by atoms with Gasteiger partial charge in [-0.1, -0.05) is 181 Å². The lowest BCUT2D eigenvalue weighted by atomic mass is 9.67. The van der Waals surface area contributed by atoms with E-state index in [9.17, 15) is 0 Å². The fourth-order valence-corrected chi connectivity index (χ4v) is 8.93. The van der Waals surface area contributed by atoms with E-state index in [0.29, 0.717) is 23.0 Å². The van der Waals surface area contributed by atoms with Gasteiger partial charge in [0.25, 0.3) is 0 Å². The summed E-state index contributed by atoms with van der Waals surface area (Å²) in [6, 6.07) is 73.0. The van der Waals surface area contributed by atoms with Crippen LogP contribution in [0.15, 0.2) is 206 Å². The van der Waals surface area contributed by atoms with Gasteiger partial charge in [-0.25, -0.2) is 4.98 Å². The van der Waals surface area contributed by atoms with Crippen LogP contribution in [0.25, 0.3) is 55.9 Å². The first-order chi connectivity index (χ1) is 28.6. The van der Waals surface area contributed by atoms with Gasteiger partial charge in [-0.15, -0.1) is 0 Å². The van der Waals surface area contributed by atoms with Crippen molar-refractivity contribution in [2.24, 2.45) is 0 Å². The monoisotopic (exact) mass is 743 g/mol. The highest BCUT2D eigenvalue weighted by atomic mass is 16.6. The molecule has 3 heteroatoms. The van der Waals surface area contributed by atoms with Gasteiger partial charge in [0, 0.05) is 16.7 Å². The molecular weight excluding hydrogens is 707 g/mol. The molecule has 2 heterocycles. The number of pyridine rings is 1. The highest BCUT2D eigenvalue weighted by molar-refractivity contribution is 5.89. The minimum atomic E-state index is -0.533. The van der Waals surface area contributed by atoms with Crippen molar-refractivity contribution in [3.8, 4) is 78.9 Å². The van der Waals surface area contributed by atoms with Crippen LogP contribution in [-0.2, 0) is 5.41 Å². The van der Waals surface area contributed by atoms with E-state index < -0.39 is 5.41 Å². The molecule has 58 heavy (non-hydrogen) atoms. The van der Waals surface area contributed by atoms with Crippen molar-refractivity contribution in [2.45, 2.75) is 12.3 Å². The van der Waals surface area contributed by atoms with Gasteiger partial charge < -0.3 is 9.47 Å². The number of fused-ring (bicyclic) bond motifs is 5. The molecule has 0 bridgehead atoms. The summed E-state index contributed by atoms with van der Waals surface area (Å²) in [5, 5.41) is 0. The molecular formula is C55H37NO2. The van der Waals surface area contributed by atoms with E-state index in [1.165, 1.54) is 33.4 Å². The third kappa shape index (κ3) is 5.47. The third-order valence-corrected chi connectivity index (χ3v) is 11.7. The maximum atomic E-state index is 6.97. The van der Waals surface area contributed by atoms with Gasteiger partial charge in [0.1, 0.15) is 0 Å². The van der Waals surface area contributed by atoms with Crippen LogP contribution in [0, 0.1) is 6.92 Å². The van der Waals surface area contributed by atoms with Crippen LogP contribution in [0.5, 0.6) is 23.0 Å². The van der Waals surface area contributed by atoms with Crippen molar-refractivity contribution < 1.29 is 9.47 Å². The summed E-state index contributed by atoms with van der Waals surface area (Å²) in [6.45, 7) is 2.11. The van der Waals surface area contributed by atoms with Gasteiger partial charge in [-0.05, 0) is 87.3 Å². The molecule has 0 spiro atoms. The smallest absolute Gasteiger partial charge is 0.177 e. The Balaban J connectivity index is 0.993. The summed E-state index contributed by atoms with van der Waals surface area (Å²) in [5.74, 6) is 2.82. The zero-order chi connectivity index (χ0) is 38.6. The second-order valence-corrected chi connectivity index (χ2v) is 15.1.